The number of aromatic nitrogens is 1. The molecule has 138 valence electrons. The molecule has 1 heterocycles. The summed E-state index contributed by atoms with van der Waals surface area (Å²) in [5.41, 5.74) is 1.41. The monoisotopic (exact) mass is 385 g/mol. The van der Waals surface area contributed by atoms with Crippen LogP contribution < -0.4 is 4.43 Å². The first-order valence-electron chi connectivity index (χ1n) is 8.64. The Morgan fingerprint density at radius 2 is 1.77 bits per heavy atom. The Morgan fingerprint density at radius 1 is 1.08 bits per heavy atom. The maximum Gasteiger partial charge on any atom is 0.269 e. The van der Waals surface area contributed by atoms with Crippen LogP contribution in [0.3, 0.4) is 0 Å². The number of benzene rings is 1. The van der Waals surface area contributed by atoms with Crippen molar-refractivity contribution in [2.24, 2.45) is 5.10 Å². The second-order valence-corrected chi connectivity index (χ2v) is 17.2. The van der Waals surface area contributed by atoms with Crippen molar-refractivity contribution in [2.75, 3.05) is 0 Å². The van der Waals surface area contributed by atoms with E-state index in [9.17, 15) is 4.79 Å². The van der Waals surface area contributed by atoms with E-state index in [4.69, 9.17) is 4.43 Å². The van der Waals surface area contributed by atoms with E-state index in [1.807, 2.05) is 36.4 Å². The molecule has 26 heavy (non-hydrogen) atoms. The highest BCUT2D eigenvalue weighted by Gasteiger charge is 2.31. The molecule has 0 bridgehead atoms. The lowest BCUT2D eigenvalue weighted by molar-refractivity contribution is 0.0852. The van der Waals surface area contributed by atoms with E-state index in [1.54, 1.807) is 23.3 Å². The molecule has 7 heteroatoms. The topological polar surface area (TPSA) is 54.8 Å². The lowest BCUT2D eigenvalue weighted by atomic mass is 10.2. The molecule has 0 unspecified atom stereocenters. The minimum atomic E-state index is -2.05. The first kappa shape index (κ1) is 20.1. The highest BCUT2D eigenvalue weighted by molar-refractivity contribution is 6.75. The number of rotatable bonds is 6. The highest BCUT2D eigenvalue weighted by atomic mass is 28.4. The van der Waals surface area contributed by atoms with Crippen molar-refractivity contribution in [1.82, 2.24) is 9.66 Å². The lowest BCUT2D eigenvalue weighted by Crippen LogP contribution is -2.46. The van der Waals surface area contributed by atoms with Gasteiger partial charge >= 0.3 is 0 Å². The number of amides is 1. The van der Waals surface area contributed by atoms with Crippen molar-refractivity contribution in [2.45, 2.75) is 39.3 Å². The average molecular weight is 386 g/mol. The standard InChI is InChI=1S/C19H27N3O2Si2/c1-25(2,3)22(21-15-16-10-9-13-20-14-16)19(23)17-11-7-8-12-18(17)24-26(4,5)6/h7-15H,1-6H3/b21-15+. The summed E-state index contributed by atoms with van der Waals surface area (Å²) in [4.78, 5) is 17.4. The number of para-hydroxylation sites is 1. The van der Waals surface area contributed by atoms with Crippen LogP contribution in [0.5, 0.6) is 5.75 Å². The molecular weight excluding hydrogens is 358 g/mol. The van der Waals surface area contributed by atoms with Crippen molar-refractivity contribution in [1.29, 1.82) is 0 Å². The van der Waals surface area contributed by atoms with Crippen LogP contribution in [-0.4, -0.2) is 38.3 Å². The third kappa shape index (κ3) is 5.64. The zero-order valence-corrected chi connectivity index (χ0v) is 18.4. The molecule has 0 aliphatic heterocycles. The van der Waals surface area contributed by atoms with Gasteiger partial charge in [0.05, 0.1) is 11.8 Å². The third-order valence-electron chi connectivity index (χ3n) is 3.37. The largest absolute Gasteiger partial charge is 0.544 e. The Morgan fingerprint density at radius 3 is 2.35 bits per heavy atom. The molecule has 2 aromatic rings. The van der Waals surface area contributed by atoms with Crippen molar-refractivity contribution >= 4 is 28.7 Å². The van der Waals surface area contributed by atoms with E-state index in [-0.39, 0.29) is 5.91 Å². The molecule has 0 saturated heterocycles. The molecule has 1 amide bonds. The Balaban J connectivity index is 2.38. The summed E-state index contributed by atoms with van der Waals surface area (Å²) >= 11 is 0. The first-order chi connectivity index (χ1) is 12.1. The van der Waals surface area contributed by atoms with Gasteiger partial charge in [0.2, 0.25) is 8.32 Å². The number of hydrogen-bond acceptors (Lipinski definition) is 4. The summed E-state index contributed by atoms with van der Waals surface area (Å²) in [7, 11) is -3.88. The Bertz CT molecular complexity index is 781. The highest BCUT2D eigenvalue weighted by Crippen LogP contribution is 2.25. The summed E-state index contributed by atoms with van der Waals surface area (Å²) in [6.07, 6.45) is 5.12. The predicted octanol–water partition coefficient (Wildman–Crippen LogP) is 4.61. The van der Waals surface area contributed by atoms with Crippen LogP contribution in [0.2, 0.25) is 39.3 Å². The van der Waals surface area contributed by atoms with E-state index >= 15 is 0 Å². The van der Waals surface area contributed by atoms with Crippen molar-refractivity contribution in [3.8, 4) is 5.75 Å². The van der Waals surface area contributed by atoms with Crippen LogP contribution in [0.1, 0.15) is 15.9 Å². The van der Waals surface area contributed by atoms with Crippen LogP contribution in [0, 0.1) is 0 Å². The average Bonchev–Trinajstić information content (AvgIpc) is 2.53. The van der Waals surface area contributed by atoms with Crippen LogP contribution in [0.25, 0.3) is 0 Å². The molecule has 2 rings (SSSR count). The van der Waals surface area contributed by atoms with Gasteiger partial charge < -0.3 is 4.43 Å². The van der Waals surface area contributed by atoms with Gasteiger partial charge in [-0.2, -0.15) is 5.10 Å². The van der Waals surface area contributed by atoms with Crippen molar-refractivity contribution in [3.05, 3.63) is 59.9 Å². The van der Waals surface area contributed by atoms with Gasteiger partial charge in [-0.05, 0) is 57.5 Å². The molecule has 0 aliphatic carbocycles. The first-order valence-corrected chi connectivity index (χ1v) is 15.5. The summed E-state index contributed by atoms with van der Waals surface area (Å²) in [5.74, 6) is 0.509. The maximum atomic E-state index is 13.3. The molecule has 5 nitrogen and oxygen atoms in total. The molecule has 0 atom stereocenters. The van der Waals surface area contributed by atoms with Crippen LogP contribution >= 0.6 is 0 Å². The molecule has 0 fully saturated rings. The molecule has 1 aromatic heterocycles. The fourth-order valence-corrected chi connectivity index (χ4v) is 4.25. The number of nitrogens with zero attached hydrogens (tertiary/aromatic N) is 3. The van der Waals surface area contributed by atoms with E-state index < -0.39 is 16.6 Å². The molecule has 0 spiro atoms. The van der Waals surface area contributed by atoms with Gasteiger partial charge in [0.15, 0.2) is 8.24 Å². The fourth-order valence-electron chi connectivity index (χ4n) is 2.28. The molecule has 0 radical (unpaired) electrons. The number of carbonyl (C=O) groups is 1. The number of hydrogen-bond donors (Lipinski definition) is 0. The second-order valence-electron chi connectivity index (χ2n) is 8.03. The van der Waals surface area contributed by atoms with Crippen LogP contribution in [0.4, 0.5) is 0 Å². The lowest BCUT2D eigenvalue weighted by Gasteiger charge is -2.30. The predicted molar refractivity (Wildman–Crippen MR) is 112 cm³/mol. The van der Waals surface area contributed by atoms with Gasteiger partial charge in [-0.25, -0.2) is 0 Å². The number of hydrazone groups is 1. The van der Waals surface area contributed by atoms with Crippen molar-refractivity contribution < 1.29 is 9.22 Å². The minimum absolute atomic E-state index is 0.127. The number of carbonyl (C=O) groups excluding carboxylic acids is 1. The summed E-state index contributed by atoms with van der Waals surface area (Å²) in [5, 5.41) is 4.52. The fraction of sp³-hybridized carbons (Fsp3) is 0.316. The van der Waals surface area contributed by atoms with Gasteiger partial charge in [-0.1, -0.05) is 18.2 Å². The van der Waals surface area contributed by atoms with Crippen molar-refractivity contribution in [3.63, 3.8) is 0 Å². The Labute approximate surface area is 157 Å². The minimum Gasteiger partial charge on any atom is -0.544 e. The number of pyridine rings is 1. The smallest absolute Gasteiger partial charge is 0.269 e. The van der Waals surface area contributed by atoms with Crippen LogP contribution in [-0.2, 0) is 0 Å². The SMILES string of the molecule is C[Si](C)(C)Oc1ccccc1C(=O)N(/N=C/c1cccnc1)[Si](C)(C)C. The van der Waals surface area contributed by atoms with E-state index in [0.29, 0.717) is 11.3 Å². The summed E-state index contributed by atoms with van der Waals surface area (Å²) in [6.45, 7) is 12.6. The van der Waals surface area contributed by atoms with Gasteiger partial charge in [0.1, 0.15) is 5.75 Å². The molecule has 1 aromatic carbocycles. The Hall–Kier alpha value is -2.26. The molecule has 0 saturated carbocycles. The second kappa shape index (κ2) is 7.96. The quantitative estimate of drug-likeness (QED) is 0.415. The van der Waals surface area contributed by atoms with Gasteiger partial charge in [-0.3, -0.25) is 14.5 Å². The van der Waals surface area contributed by atoms with E-state index in [1.165, 1.54) is 0 Å². The maximum absolute atomic E-state index is 13.3. The van der Waals surface area contributed by atoms with Gasteiger partial charge in [0, 0.05) is 18.0 Å². The van der Waals surface area contributed by atoms with E-state index in [2.05, 4.69) is 49.4 Å². The van der Waals surface area contributed by atoms with Gasteiger partial charge in [0.25, 0.3) is 5.91 Å². The summed E-state index contributed by atoms with van der Waals surface area (Å²) < 4.78 is 7.76. The molecule has 0 N–H and O–H groups in total. The molecular formula is C19H27N3O2Si2. The zero-order valence-electron chi connectivity index (χ0n) is 16.4. The van der Waals surface area contributed by atoms with Crippen LogP contribution in [0.15, 0.2) is 53.9 Å². The zero-order chi connectivity index (χ0) is 19.4. The van der Waals surface area contributed by atoms with E-state index in [0.717, 1.165) is 5.56 Å². The molecule has 0 aliphatic rings. The third-order valence-corrected chi connectivity index (χ3v) is 5.79. The normalized spacial score (nSPS) is 12.2. The Kier molecular flexibility index (Phi) is 6.15. The summed E-state index contributed by atoms with van der Waals surface area (Å²) in [6, 6.07) is 11.2. The van der Waals surface area contributed by atoms with Gasteiger partial charge in [-0.15, -0.1) is 0 Å².